The molecule has 0 fully saturated rings. The van der Waals surface area contributed by atoms with E-state index in [2.05, 4.69) is 10.6 Å². The number of halogens is 1. The van der Waals surface area contributed by atoms with E-state index in [4.69, 9.17) is 4.74 Å². The summed E-state index contributed by atoms with van der Waals surface area (Å²) in [6, 6.07) is 19.8. The first-order chi connectivity index (χ1) is 11.7. The third-order valence-corrected chi connectivity index (χ3v) is 3.59. The second-order valence-corrected chi connectivity index (χ2v) is 5.18. The zero-order chi connectivity index (χ0) is 16.9. The molecule has 25 heavy (non-hydrogen) atoms. The van der Waals surface area contributed by atoms with Crippen LogP contribution >= 0.6 is 12.4 Å². The SMILES string of the molecule is COC(=O)c1ccccc1NC(=O)Nc1ccc2ccccc2c1.Cl. The molecule has 2 N–H and O–H groups in total. The summed E-state index contributed by atoms with van der Waals surface area (Å²) in [6.45, 7) is 0. The number of anilines is 2. The Labute approximate surface area is 151 Å². The molecule has 0 radical (unpaired) electrons. The van der Waals surface area contributed by atoms with Gasteiger partial charge in [0.2, 0.25) is 0 Å². The Kier molecular flexibility index (Phi) is 5.98. The van der Waals surface area contributed by atoms with E-state index in [0.717, 1.165) is 10.8 Å². The van der Waals surface area contributed by atoms with Gasteiger partial charge in [0.1, 0.15) is 0 Å². The highest BCUT2D eigenvalue weighted by Crippen LogP contribution is 2.20. The monoisotopic (exact) mass is 356 g/mol. The summed E-state index contributed by atoms with van der Waals surface area (Å²) in [6.07, 6.45) is 0. The van der Waals surface area contributed by atoms with Gasteiger partial charge in [-0.15, -0.1) is 12.4 Å². The van der Waals surface area contributed by atoms with Gasteiger partial charge in [0.25, 0.3) is 0 Å². The van der Waals surface area contributed by atoms with Crippen molar-refractivity contribution >= 4 is 46.6 Å². The normalized spacial score (nSPS) is 9.80. The Morgan fingerprint density at radius 1 is 0.840 bits per heavy atom. The van der Waals surface area contributed by atoms with Crippen LogP contribution in [0.5, 0.6) is 0 Å². The number of para-hydroxylation sites is 1. The van der Waals surface area contributed by atoms with E-state index in [-0.39, 0.29) is 12.4 Å². The smallest absolute Gasteiger partial charge is 0.339 e. The van der Waals surface area contributed by atoms with Crippen molar-refractivity contribution in [2.45, 2.75) is 0 Å². The number of carbonyl (C=O) groups excluding carboxylic acids is 2. The molecule has 6 heteroatoms. The van der Waals surface area contributed by atoms with Gasteiger partial charge in [0.05, 0.1) is 18.4 Å². The van der Waals surface area contributed by atoms with Crippen LogP contribution in [-0.4, -0.2) is 19.1 Å². The minimum atomic E-state index is -0.503. The highest BCUT2D eigenvalue weighted by atomic mass is 35.5. The molecule has 0 aromatic heterocycles. The molecular formula is C19H17ClN2O3. The van der Waals surface area contributed by atoms with Gasteiger partial charge in [-0.05, 0) is 35.0 Å². The molecule has 5 nitrogen and oxygen atoms in total. The molecule has 0 atom stereocenters. The molecule has 0 bridgehead atoms. The molecule has 0 aliphatic rings. The van der Waals surface area contributed by atoms with Gasteiger partial charge in [-0.3, -0.25) is 0 Å². The summed E-state index contributed by atoms with van der Waals surface area (Å²) in [5.74, 6) is -0.503. The summed E-state index contributed by atoms with van der Waals surface area (Å²) in [4.78, 5) is 23.9. The molecule has 0 saturated carbocycles. The van der Waals surface area contributed by atoms with Crippen molar-refractivity contribution in [3.05, 3.63) is 72.3 Å². The van der Waals surface area contributed by atoms with Crippen molar-refractivity contribution in [1.29, 1.82) is 0 Å². The zero-order valence-corrected chi connectivity index (χ0v) is 14.3. The molecule has 0 aliphatic heterocycles. The van der Waals surface area contributed by atoms with Crippen LogP contribution in [0.3, 0.4) is 0 Å². The van der Waals surface area contributed by atoms with Crippen LogP contribution in [0.2, 0.25) is 0 Å². The average molecular weight is 357 g/mol. The molecule has 3 rings (SSSR count). The highest BCUT2D eigenvalue weighted by molar-refractivity contribution is 6.05. The van der Waals surface area contributed by atoms with Crippen LogP contribution in [0.4, 0.5) is 16.2 Å². The zero-order valence-electron chi connectivity index (χ0n) is 13.5. The van der Waals surface area contributed by atoms with Crippen LogP contribution in [0.1, 0.15) is 10.4 Å². The lowest BCUT2D eigenvalue weighted by atomic mass is 10.1. The van der Waals surface area contributed by atoms with Gasteiger partial charge >= 0.3 is 12.0 Å². The second kappa shape index (κ2) is 8.17. The lowest BCUT2D eigenvalue weighted by Gasteiger charge is -2.11. The Balaban J connectivity index is 0.00000225. The van der Waals surface area contributed by atoms with E-state index in [1.807, 2.05) is 42.5 Å². The van der Waals surface area contributed by atoms with Crippen LogP contribution in [0.15, 0.2) is 66.7 Å². The molecule has 2 amide bonds. The number of esters is 1. The first-order valence-corrected chi connectivity index (χ1v) is 7.41. The molecule has 0 heterocycles. The molecule has 3 aromatic rings. The van der Waals surface area contributed by atoms with E-state index < -0.39 is 12.0 Å². The minimum Gasteiger partial charge on any atom is -0.465 e. The van der Waals surface area contributed by atoms with Crippen molar-refractivity contribution in [1.82, 2.24) is 0 Å². The molecule has 0 aliphatic carbocycles. The maximum absolute atomic E-state index is 12.2. The van der Waals surface area contributed by atoms with Crippen LogP contribution in [0.25, 0.3) is 10.8 Å². The molecular weight excluding hydrogens is 340 g/mol. The Bertz CT molecular complexity index is 912. The predicted molar refractivity (Wildman–Crippen MR) is 102 cm³/mol. The van der Waals surface area contributed by atoms with Gasteiger partial charge < -0.3 is 15.4 Å². The fraction of sp³-hybridized carbons (Fsp3) is 0.0526. The third-order valence-electron chi connectivity index (χ3n) is 3.59. The second-order valence-electron chi connectivity index (χ2n) is 5.18. The number of amides is 2. The quantitative estimate of drug-likeness (QED) is 0.669. The van der Waals surface area contributed by atoms with Crippen molar-refractivity contribution in [2.75, 3.05) is 17.7 Å². The number of hydrogen-bond donors (Lipinski definition) is 2. The number of nitrogens with one attached hydrogen (secondary N) is 2. The first-order valence-electron chi connectivity index (χ1n) is 7.41. The van der Waals surface area contributed by atoms with Crippen molar-refractivity contribution in [2.24, 2.45) is 0 Å². The number of carbonyl (C=O) groups is 2. The number of benzene rings is 3. The Hall–Kier alpha value is -3.05. The first kappa shape index (κ1) is 18.3. The number of ether oxygens (including phenoxy) is 1. The van der Waals surface area contributed by atoms with E-state index in [0.29, 0.717) is 16.9 Å². The molecule has 3 aromatic carbocycles. The summed E-state index contributed by atoms with van der Waals surface area (Å²) < 4.78 is 4.71. The van der Waals surface area contributed by atoms with Gasteiger partial charge in [0.15, 0.2) is 0 Å². The minimum absolute atomic E-state index is 0. The number of hydrogen-bond acceptors (Lipinski definition) is 3. The summed E-state index contributed by atoms with van der Waals surface area (Å²) in [5, 5.41) is 7.57. The maximum atomic E-state index is 12.2. The van der Waals surface area contributed by atoms with Gasteiger partial charge in [0, 0.05) is 5.69 Å². The number of rotatable bonds is 3. The van der Waals surface area contributed by atoms with Crippen LogP contribution in [0, 0.1) is 0 Å². The molecule has 0 saturated heterocycles. The maximum Gasteiger partial charge on any atom is 0.339 e. The Morgan fingerprint density at radius 3 is 2.28 bits per heavy atom. The number of urea groups is 1. The standard InChI is InChI=1S/C19H16N2O3.ClH/c1-24-18(22)16-8-4-5-9-17(16)21-19(23)20-15-11-10-13-6-2-3-7-14(13)12-15;/h2-12H,1H3,(H2,20,21,23);1H. The largest absolute Gasteiger partial charge is 0.465 e. The summed E-state index contributed by atoms with van der Waals surface area (Å²) in [7, 11) is 1.30. The van der Waals surface area contributed by atoms with E-state index in [1.165, 1.54) is 7.11 Å². The summed E-state index contributed by atoms with van der Waals surface area (Å²) in [5.41, 5.74) is 1.36. The lowest BCUT2D eigenvalue weighted by molar-refractivity contribution is 0.0602. The average Bonchev–Trinajstić information content (AvgIpc) is 2.61. The summed E-state index contributed by atoms with van der Waals surface area (Å²) >= 11 is 0. The predicted octanol–water partition coefficient (Wildman–Crippen LogP) is 4.69. The van der Waals surface area contributed by atoms with Gasteiger partial charge in [-0.1, -0.05) is 42.5 Å². The number of methoxy groups -OCH3 is 1. The topological polar surface area (TPSA) is 67.4 Å². The lowest BCUT2D eigenvalue weighted by Crippen LogP contribution is -2.21. The van der Waals surface area contributed by atoms with Gasteiger partial charge in [-0.2, -0.15) is 0 Å². The number of fused-ring (bicyclic) bond motifs is 1. The van der Waals surface area contributed by atoms with E-state index in [1.54, 1.807) is 24.3 Å². The highest BCUT2D eigenvalue weighted by Gasteiger charge is 2.13. The van der Waals surface area contributed by atoms with Gasteiger partial charge in [-0.25, -0.2) is 9.59 Å². The third kappa shape index (κ3) is 4.28. The Morgan fingerprint density at radius 2 is 1.52 bits per heavy atom. The fourth-order valence-electron chi connectivity index (χ4n) is 2.43. The van der Waals surface area contributed by atoms with Crippen molar-refractivity contribution in [3.63, 3.8) is 0 Å². The molecule has 128 valence electrons. The van der Waals surface area contributed by atoms with E-state index >= 15 is 0 Å². The van der Waals surface area contributed by atoms with Crippen molar-refractivity contribution < 1.29 is 14.3 Å². The fourth-order valence-corrected chi connectivity index (χ4v) is 2.43. The van der Waals surface area contributed by atoms with Crippen LogP contribution < -0.4 is 10.6 Å². The van der Waals surface area contributed by atoms with Crippen LogP contribution in [-0.2, 0) is 4.74 Å². The van der Waals surface area contributed by atoms with E-state index in [9.17, 15) is 9.59 Å². The molecule has 0 unspecified atom stereocenters. The van der Waals surface area contributed by atoms with Crippen molar-refractivity contribution in [3.8, 4) is 0 Å². The molecule has 0 spiro atoms.